The van der Waals surface area contributed by atoms with E-state index in [0.29, 0.717) is 0 Å². The number of carbonyl (C=O) groups excluding carboxylic acids is 2. The summed E-state index contributed by atoms with van der Waals surface area (Å²) >= 11 is 3.32. The van der Waals surface area contributed by atoms with Gasteiger partial charge in [-0.2, -0.15) is 0 Å². The SMILES string of the molecule is O=C(O)CN1C(=O)CC(c2ccc(Br)cc2)CC1=O. The van der Waals surface area contributed by atoms with Gasteiger partial charge in [-0.05, 0) is 17.7 Å². The third kappa shape index (κ3) is 3.20. The number of carboxylic acid groups (broad SMARTS) is 1. The van der Waals surface area contributed by atoms with Crippen molar-refractivity contribution in [3.63, 3.8) is 0 Å². The van der Waals surface area contributed by atoms with Crippen molar-refractivity contribution >= 4 is 33.7 Å². The van der Waals surface area contributed by atoms with Crippen LogP contribution in [-0.4, -0.2) is 34.3 Å². The van der Waals surface area contributed by atoms with E-state index < -0.39 is 24.3 Å². The minimum atomic E-state index is -1.18. The molecule has 6 heteroatoms. The van der Waals surface area contributed by atoms with E-state index in [1.807, 2.05) is 24.3 Å². The first-order valence-corrected chi connectivity index (χ1v) is 6.57. The summed E-state index contributed by atoms with van der Waals surface area (Å²) < 4.78 is 0.928. The number of hydrogen-bond donors (Lipinski definition) is 1. The van der Waals surface area contributed by atoms with Gasteiger partial charge in [0.05, 0.1) is 0 Å². The Labute approximate surface area is 118 Å². The maximum atomic E-state index is 11.8. The molecule has 1 N–H and O–H groups in total. The lowest BCUT2D eigenvalue weighted by Crippen LogP contribution is -2.45. The second kappa shape index (κ2) is 5.52. The van der Waals surface area contributed by atoms with Crippen molar-refractivity contribution < 1.29 is 19.5 Å². The van der Waals surface area contributed by atoms with Crippen molar-refractivity contribution in [2.75, 3.05) is 6.54 Å². The van der Waals surface area contributed by atoms with Crippen molar-refractivity contribution in [3.8, 4) is 0 Å². The van der Waals surface area contributed by atoms with Gasteiger partial charge in [-0.3, -0.25) is 19.3 Å². The van der Waals surface area contributed by atoms with Gasteiger partial charge in [-0.15, -0.1) is 0 Å². The molecule has 2 rings (SSSR count). The van der Waals surface area contributed by atoms with Crippen LogP contribution in [0.25, 0.3) is 0 Å². The third-order valence-corrected chi connectivity index (χ3v) is 3.61. The molecule has 5 nitrogen and oxygen atoms in total. The molecule has 0 saturated carbocycles. The number of piperidine rings is 1. The van der Waals surface area contributed by atoms with E-state index in [0.717, 1.165) is 14.9 Å². The molecule has 2 amide bonds. The summed E-state index contributed by atoms with van der Waals surface area (Å²) in [5.74, 6) is -2.19. The molecule has 1 saturated heterocycles. The van der Waals surface area contributed by atoms with E-state index in [-0.39, 0.29) is 18.8 Å². The molecule has 1 heterocycles. The zero-order valence-corrected chi connectivity index (χ0v) is 11.6. The fourth-order valence-electron chi connectivity index (χ4n) is 2.14. The van der Waals surface area contributed by atoms with Crippen molar-refractivity contribution in [1.29, 1.82) is 0 Å². The summed E-state index contributed by atoms with van der Waals surface area (Å²) in [6.07, 6.45) is 0.335. The first kappa shape index (κ1) is 13.7. The highest BCUT2D eigenvalue weighted by atomic mass is 79.9. The molecule has 1 fully saturated rings. The molecule has 0 spiro atoms. The van der Waals surface area contributed by atoms with Crippen molar-refractivity contribution in [2.45, 2.75) is 18.8 Å². The topological polar surface area (TPSA) is 74.7 Å². The average molecular weight is 326 g/mol. The van der Waals surface area contributed by atoms with E-state index in [4.69, 9.17) is 5.11 Å². The molecular formula is C13H12BrNO4. The fraction of sp³-hybridized carbons (Fsp3) is 0.308. The maximum absolute atomic E-state index is 11.8. The van der Waals surface area contributed by atoms with E-state index in [9.17, 15) is 14.4 Å². The quantitative estimate of drug-likeness (QED) is 0.859. The molecule has 0 aromatic heterocycles. The molecule has 19 heavy (non-hydrogen) atoms. The molecule has 0 aliphatic carbocycles. The summed E-state index contributed by atoms with van der Waals surface area (Å²) in [5.41, 5.74) is 0.917. The summed E-state index contributed by atoms with van der Waals surface area (Å²) in [4.78, 5) is 35.1. The third-order valence-electron chi connectivity index (χ3n) is 3.08. The van der Waals surface area contributed by atoms with Gasteiger partial charge in [-0.25, -0.2) is 0 Å². The fourth-order valence-corrected chi connectivity index (χ4v) is 2.40. The summed E-state index contributed by atoms with van der Waals surface area (Å²) in [6.45, 7) is -0.551. The zero-order valence-electron chi connectivity index (χ0n) is 10.0. The van der Waals surface area contributed by atoms with Crippen LogP contribution in [0.15, 0.2) is 28.7 Å². The predicted octanol–water partition coefficient (Wildman–Crippen LogP) is 1.77. The Morgan fingerprint density at radius 1 is 1.21 bits per heavy atom. The first-order valence-electron chi connectivity index (χ1n) is 5.78. The van der Waals surface area contributed by atoms with Gasteiger partial charge >= 0.3 is 5.97 Å². The first-order chi connectivity index (χ1) is 8.97. The van der Waals surface area contributed by atoms with Gasteiger partial charge in [0.15, 0.2) is 0 Å². The molecule has 0 bridgehead atoms. The zero-order chi connectivity index (χ0) is 14.0. The van der Waals surface area contributed by atoms with E-state index in [1.54, 1.807) is 0 Å². The molecule has 1 aliphatic heterocycles. The lowest BCUT2D eigenvalue weighted by Gasteiger charge is -2.29. The van der Waals surface area contributed by atoms with Crippen LogP contribution in [0.5, 0.6) is 0 Å². The van der Waals surface area contributed by atoms with Crippen molar-refractivity contribution in [3.05, 3.63) is 34.3 Å². The predicted molar refractivity (Wildman–Crippen MR) is 70.5 cm³/mol. The monoisotopic (exact) mass is 325 g/mol. The minimum absolute atomic E-state index is 0.167. The number of carbonyl (C=O) groups is 3. The smallest absolute Gasteiger partial charge is 0.323 e. The van der Waals surface area contributed by atoms with E-state index in [2.05, 4.69) is 15.9 Å². The molecule has 0 unspecified atom stereocenters. The van der Waals surface area contributed by atoms with Gasteiger partial charge in [0.25, 0.3) is 0 Å². The van der Waals surface area contributed by atoms with Crippen molar-refractivity contribution in [1.82, 2.24) is 4.90 Å². The van der Waals surface area contributed by atoms with Crippen LogP contribution in [0.1, 0.15) is 24.3 Å². The van der Waals surface area contributed by atoms with Gasteiger partial charge < -0.3 is 5.11 Å². The van der Waals surface area contributed by atoms with Crippen LogP contribution in [0.4, 0.5) is 0 Å². The highest BCUT2D eigenvalue weighted by Crippen LogP contribution is 2.30. The van der Waals surface area contributed by atoms with Crippen LogP contribution in [0, 0.1) is 0 Å². The Hall–Kier alpha value is -1.69. The number of aliphatic carboxylic acids is 1. The highest BCUT2D eigenvalue weighted by Gasteiger charge is 2.34. The molecule has 1 aromatic carbocycles. The lowest BCUT2D eigenvalue weighted by molar-refractivity contribution is -0.155. The van der Waals surface area contributed by atoms with E-state index >= 15 is 0 Å². The molecule has 0 radical (unpaired) electrons. The number of nitrogens with zero attached hydrogens (tertiary/aromatic N) is 1. The van der Waals surface area contributed by atoms with Gasteiger partial charge in [0, 0.05) is 23.2 Å². The summed E-state index contributed by atoms with van der Waals surface area (Å²) in [5, 5.41) is 8.66. The Morgan fingerprint density at radius 2 is 1.74 bits per heavy atom. The number of hydrogen-bond acceptors (Lipinski definition) is 3. The van der Waals surface area contributed by atoms with Gasteiger partial charge in [0.1, 0.15) is 6.54 Å². The summed E-state index contributed by atoms with van der Waals surface area (Å²) in [7, 11) is 0. The second-order valence-electron chi connectivity index (χ2n) is 4.42. The standard InChI is InChI=1S/C13H12BrNO4/c14-10-3-1-8(2-4-10)9-5-11(16)15(7-13(18)19)12(17)6-9/h1-4,9H,5-7H2,(H,18,19). The number of carboxylic acids is 1. The van der Waals surface area contributed by atoms with Crippen LogP contribution in [0.3, 0.4) is 0 Å². The number of amides is 2. The van der Waals surface area contributed by atoms with Crippen molar-refractivity contribution in [2.24, 2.45) is 0 Å². The Balaban J connectivity index is 2.13. The van der Waals surface area contributed by atoms with Gasteiger partial charge in [0.2, 0.25) is 11.8 Å². The number of halogens is 1. The van der Waals surface area contributed by atoms with Gasteiger partial charge in [-0.1, -0.05) is 28.1 Å². The minimum Gasteiger partial charge on any atom is -0.480 e. The molecule has 0 atom stereocenters. The highest BCUT2D eigenvalue weighted by molar-refractivity contribution is 9.10. The lowest BCUT2D eigenvalue weighted by atomic mass is 9.88. The normalized spacial score (nSPS) is 16.8. The molecule has 1 aliphatic rings. The number of rotatable bonds is 3. The van der Waals surface area contributed by atoms with Crippen LogP contribution in [-0.2, 0) is 14.4 Å². The Kier molecular flexibility index (Phi) is 3.99. The summed E-state index contributed by atoms with van der Waals surface area (Å²) in [6, 6.07) is 7.44. The van der Waals surface area contributed by atoms with Crippen LogP contribution < -0.4 is 0 Å². The van der Waals surface area contributed by atoms with E-state index in [1.165, 1.54) is 0 Å². The average Bonchev–Trinajstić information content (AvgIpc) is 2.34. The maximum Gasteiger partial charge on any atom is 0.323 e. The molecule has 100 valence electrons. The molecule has 1 aromatic rings. The molecular weight excluding hydrogens is 314 g/mol. The Bertz CT molecular complexity index is 508. The number of likely N-dealkylation sites (tertiary alicyclic amines) is 1. The number of benzene rings is 1. The Morgan fingerprint density at radius 3 is 2.21 bits per heavy atom. The largest absolute Gasteiger partial charge is 0.480 e. The number of imide groups is 1. The second-order valence-corrected chi connectivity index (χ2v) is 5.34. The van der Waals surface area contributed by atoms with Crippen LogP contribution >= 0.6 is 15.9 Å². The van der Waals surface area contributed by atoms with Crippen LogP contribution in [0.2, 0.25) is 0 Å².